The third kappa shape index (κ3) is 6.91. The van der Waals surface area contributed by atoms with Gasteiger partial charge >= 0.3 is 5.97 Å². The third-order valence-electron chi connectivity index (χ3n) is 6.92. The highest BCUT2D eigenvalue weighted by Gasteiger charge is 2.18. The van der Waals surface area contributed by atoms with Crippen molar-refractivity contribution in [2.75, 3.05) is 18.6 Å². The Morgan fingerprint density at radius 3 is 2.32 bits per heavy atom. The number of aliphatic carboxylic acids is 1. The second kappa shape index (κ2) is 11.7. The van der Waals surface area contributed by atoms with E-state index < -0.39 is 5.97 Å². The summed E-state index contributed by atoms with van der Waals surface area (Å²) in [5.74, 6) is 1.09. The van der Waals surface area contributed by atoms with E-state index in [1.807, 2.05) is 24.4 Å². The van der Waals surface area contributed by atoms with Gasteiger partial charge < -0.3 is 14.7 Å². The number of hydrogen-bond donors (Lipinski definition) is 1. The lowest BCUT2D eigenvalue weighted by Gasteiger charge is -2.29. The fraction of sp³-hybridized carbons (Fsp3) is 0.333. The van der Waals surface area contributed by atoms with Gasteiger partial charge in [0.1, 0.15) is 11.6 Å². The van der Waals surface area contributed by atoms with Crippen LogP contribution in [-0.2, 0) is 17.8 Å². The lowest BCUT2D eigenvalue weighted by atomic mass is 9.92. The van der Waals surface area contributed by atoms with Gasteiger partial charge in [0, 0.05) is 31.1 Å². The zero-order valence-electron chi connectivity index (χ0n) is 23.1. The lowest BCUT2D eigenvalue weighted by Crippen LogP contribution is -2.28. The first-order valence-electron chi connectivity index (χ1n) is 13.2. The molecule has 1 N–H and O–H groups in total. The van der Waals surface area contributed by atoms with Crippen LogP contribution >= 0.6 is 0 Å². The molecule has 0 aliphatic carbocycles. The van der Waals surface area contributed by atoms with Crippen LogP contribution in [0, 0.1) is 12.3 Å². The highest BCUT2D eigenvalue weighted by atomic mass is 16.5. The molecule has 0 spiro atoms. The monoisotopic (exact) mass is 510 g/mol. The topological polar surface area (TPSA) is 62.7 Å². The van der Waals surface area contributed by atoms with Crippen LogP contribution in [-0.4, -0.2) is 29.7 Å². The van der Waals surface area contributed by atoms with Gasteiger partial charge in [-0.25, -0.2) is 4.98 Å². The van der Waals surface area contributed by atoms with Crippen molar-refractivity contribution < 1.29 is 14.6 Å². The Morgan fingerprint density at radius 1 is 0.947 bits per heavy atom. The number of benzene rings is 3. The Morgan fingerprint density at radius 2 is 1.66 bits per heavy atom. The van der Waals surface area contributed by atoms with Crippen LogP contribution in [0.1, 0.15) is 50.3 Å². The zero-order chi connectivity index (χ0) is 27.3. The molecule has 0 fully saturated rings. The molecule has 0 radical (unpaired) electrons. The van der Waals surface area contributed by atoms with Gasteiger partial charge in [0.05, 0.1) is 7.11 Å². The fourth-order valence-corrected chi connectivity index (χ4v) is 4.68. The molecule has 0 bridgehead atoms. The SMILES string of the molecule is COc1ccc(-c2ccc(CN(CCC(C)(C)C)c3nccc4cc(CCC(=O)O)ccc34)cc2)cc1C. The summed E-state index contributed by atoms with van der Waals surface area (Å²) in [6.07, 6.45) is 3.55. The van der Waals surface area contributed by atoms with Gasteiger partial charge in [0.2, 0.25) is 0 Å². The number of pyridine rings is 1. The molecular weight excluding hydrogens is 472 g/mol. The van der Waals surface area contributed by atoms with Crippen LogP contribution in [0.2, 0.25) is 0 Å². The van der Waals surface area contributed by atoms with Gasteiger partial charge in [-0.05, 0) is 76.6 Å². The fourth-order valence-electron chi connectivity index (χ4n) is 4.68. The number of ether oxygens (including phenoxy) is 1. The molecule has 4 rings (SSSR count). The highest BCUT2D eigenvalue weighted by molar-refractivity contribution is 5.92. The summed E-state index contributed by atoms with van der Waals surface area (Å²) in [5, 5.41) is 11.2. The molecule has 0 saturated heterocycles. The van der Waals surface area contributed by atoms with Crippen molar-refractivity contribution in [1.29, 1.82) is 0 Å². The molecule has 0 atom stereocenters. The van der Waals surface area contributed by atoms with E-state index in [1.54, 1.807) is 7.11 Å². The van der Waals surface area contributed by atoms with Gasteiger partial charge in [-0.15, -0.1) is 0 Å². The number of rotatable bonds is 10. The van der Waals surface area contributed by atoms with E-state index in [1.165, 1.54) is 16.7 Å². The number of methoxy groups -OCH3 is 1. The van der Waals surface area contributed by atoms with E-state index >= 15 is 0 Å². The summed E-state index contributed by atoms with van der Waals surface area (Å²) in [7, 11) is 1.70. The van der Waals surface area contributed by atoms with E-state index in [9.17, 15) is 4.79 Å². The van der Waals surface area contributed by atoms with E-state index in [4.69, 9.17) is 14.8 Å². The predicted molar refractivity (Wildman–Crippen MR) is 156 cm³/mol. The first kappa shape index (κ1) is 27.2. The molecule has 38 heavy (non-hydrogen) atoms. The number of hydrogen-bond acceptors (Lipinski definition) is 4. The average Bonchev–Trinajstić information content (AvgIpc) is 2.89. The molecule has 0 unspecified atom stereocenters. The largest absolute Gasteiger partial charge is 0.496 e. The maximum atomic E-state index is 11.0. The van der Waals surface area contributed by atoms with Crippen molar-refractivity contribution >= 4 is 22.6 Å². The second-order valence-corrected chi connectivity index (χ2v) is 11.2. The number of carbonyl (C=O) groups is 1. The summed E-state index contributed by atoms with van der Waals surface area (Å²) in [4.78, 5) is 18.2. The minimum atomic E-state index is -0.776. The molecule has 3 aromatic carbocycles. The molecule has 0 saturated carbocycles. The van der Waals surface area contributed by atoms with Crippen LogP contribution in [0.5, 0.6) is 5.75 Å². The highest BCUT2D eigenvalue weighted by Crippen LogP contribution is 2.30. The quantitative estimate of drug-likeness (QED) is 0.237. The van der Waals surface area contributed by atoms with Crippen LogP contribution in [0.3, 0.4) is 0 Å². The summed E-state index contributed by atoms with van der Waals surface area (Å²) >= 11 is 0. The molecule has 1 heterocycles. The van der Waals surface area contributed by atoms with Crippen molar-refractivity contribution in [2.45, 2.75) is 53.5 Å². The Labute approximate surface area is 226 Å². The molecular formula is C33H38N2O3. The second-order valence-electron chi connectivity index (χ2n) is 11.2. The van der Waals surface area contributed by atoms with E-state index in [0.29, 0.717) is 6.42 Å². The molecule has 0 amide bonds. The molecule has 4 aromatic rings. The van der Waals surface area contributed by atoms with Crippen molar-refractivity contribution in [3.05, 3.63) is 89.6 Å². The van der Waals surface area contributed by atoms with E-state index in [0.717, 1.165) is 53.0 Å². The van der Waals surface area contributed by atoms with Gasteiger partial charge in [-0.2, -0.15) is 0 Å². The molecule has 0 aliphatic heterocycles. The lowest BCUT2D eigenvalue weighted by molar-refractivity contribution is -0.136. The number of anilines is 1. The zero-order valence-corrected chi connectivity index (χ0v) is 23.1. The molecule has 5 heteroatoms. The van der Waals surface area contributed by atoms with Crippen LogP contribution in [0.25, 0.3) is 21.9 Å². The molecule has 1 aromatic heterocycles. The summed E-state index contributed by atoms with van der Waals surface area (Å²) in [6.45, 7) is 10.5. The van der Waals surface area contributed by atoms with Crippen molar-refractivity contribution in [3.63, 3.8) is 0 Å². The Kier molecular flexibility index (Phi) is 8.35. The summed E-state index contributed by atoms with van der Waals surface area (Å²) in [5.41, 5.74) is 5.93. The Bertz CT molecular complexity index is 1400. The number of aryl methyl sites for hydroxylation is 2. The number of fused-ring (bicyclic) bond motifs is 1. The average molecular weight is 511 g/mol. The van der Waals surface area contributed by atoms with Crippen LogP contribution in [0.4, 0.5) is 5.82 Å². The van der Waals surface area contributed by atoms with Crippen LogP contribution < -0.4 is 9.64 Å². The van der Waals surface area contributed by atoms with Crippen LogP contribution in [0.15, 0.2) is 72.9 Å². The van der Waals surface area contributed by atoms with E-state index in [-0.39, 0.29) is 11.8 Å². The smallest absolute Gasteiger partial charge is 0.303 e. The predicted octanol–water partition coefficient (Wildman–Crippen LogP) is 7.68. The summed E-state index contributed by atoms with van der Waals surface area (Å²) < 4.78 is 5.41. The van der Waals surface area contributed by atoms with Gasteiger partial charge in [0.15, 0.2) is 0 Å². The van der Waals surface area contributed by atoms with Crippen molar-refractivity contribution in [1.82, 2.24) is 4.98 Å². The third-order valence-corrected chi connectivity index (χ3v) is 6.92. The maximum Gasteiger partial charge on any atom is 0.303 e. The van der Waals surface area contributed by atoms with Crippen molar-refractivity contribution in [3.8, 4) is 16.9 Å². The van der Waals surface area contributed by atoms with Gasteiger partial charge in [0.25, 0.3) is 0 Å². The number of carboxylic acids is 1. The Hall–Kier alpha value is -3.86. The molecule has 0 aliphatic rings. The van der Waals surface area contributed by atoms with Gasteiger partial charge in [-0.3, -0.25) is 4.79 Å². The first-order chi connectivity index (χ1) is 18.1. The van der Waals surface area contributed by atoms with E-state index in [2.05, 4.69) is 81.1 Å². The number of carboxylic acid groups (broad SMARTS) is 1. The normalized spacial score (nSPS) is 11.5. The number of aromatic nitrogens is 1. The van der Waals surface area contributed by atoms with Crippen molar-refractivity contribution in [2.24, 2.45) is 5.41 Å². The molecule has 5 nitrogen and oxygen atoms in total. The summed E-state index contributed by atoms with van der Waals surface area (Å²) in [6, 6.07) is 23.3. The minimum absolute atomic E-state index is 0.132. The minimum Gasteiger partial charge on any atom is -0.496 e. The van der Waals surface area contributed by atoms with Gasteiger partial charge in [-0.1, -0.05) is 69.3 Å². The standard InChI is InChI=1S/C33H38N2O3/c1-23-20-27(12-14-30(23)38-5)26-10-6-25(7-11-26)22-35(19-17-33(2,3)4)32-29-13-8-24(9-15-31(36)37)21-28(29)16-18-34-32/h6-8,10-14,16,18,20-21H,9,15,17,19,22H2,1-5H3,(H,36,37). The first-order valence-corrected chi connectivity index (χ1v) is 13.2. The maximum absolute atomic E-state index is 11.0. The Balaban J connectivity index is 1.61. The number of nitrogens with zero attached hydrogens (tertiary/aromatic N) is 2. The molecule has 198 valence electrons.